The Morgan fingerprint density at radius 2 is 0.745 bits per heavy atom. The molecule has 0 bridgehead atoms. The Labute approximate surface area is 291 Å². The van der Waals surface area contributed by atoms with Gasteiger partial charge in [-0.15, -0.1) is 0 Å². The predicted molar refractivity (Wildman–Crippen MR) is 196 cm³/mol. The lowest BCUT2D eigenvalue weighted by Crippen LogP contribution is -2.30. The van der Waals surface area contributed by atoms with Gasteiger partial charge in [0.2, 0.25) is 0 Å². The molecule has 0 aromatic carbocycles. The van der Waals surface area contributed by atoms with Crippen molar-refractivity contribution >= 4 is 17.9 Å². The molecule has 0 rings (SSSR count). The van der Waals surface area contributed by atoms with E-state index in [2.05, 4.69) is 27.7 Å². The zero-order valence-corrected chi connectivity index (χ0v) is 31.7. The van der Waals surface area contributed by atoms with Crippen LogP contribution in [0.2, 0.25) is 0 Å². The van der Waals surface area contributed by atoms with Crippen LogP contribution in [0, 0.1) is 5.92 Å². The smallest absolute Gasteiger partial charge is 0.306 e. The first-order valence-corrected chi connectivity index (χ1v) is 20.4. The lowest BCUT2D eigenvalue weighted by molar-refractivity contribution is -0.167. The fraction of sp³-hybridized carbons (Fsp3) is 0.927. The second-order valence-electron chi connectivity index (χ2n) is 14.2. The van der Waals surface area contributed by atoms with Gasteiger partial charge in [-0.05, 0) is 25.2 Å². The highest BCUT2D eigenvalue weighted by Gasteiger charge is 2.19. The summed E-state index contributed by atoms with van der Waals surface area (Å²) >= 11 is 0. The molecule has 0 radical (unpaired) electrons. The van der Waals surface area contributed by atoms with Crippen LogP contribution >= 0.6 is 0 Å². The van der Waals surface area contributed by atoms with E-state index in [0.717, 1.165) is 63.7 Å². The lowest BCUT2D eigenvalue weighted by Gasteiger charge is -2.18. The second-order valence-corrected chi connectivity index (χ2v) is 14.2. The summed E-state index contributed by atoms with van der Waals surface area (Å²) in [6, 6.07) is 0. The van der Waals surface area contributed by atoms with Crippen molar-refractivity contribution in [3.63, 3.8) is 0 Å². The van der Waals surface area contributed by atoms with Crippen LogP contribution in [-0.2, 0) is 28.6 Å². The largest absolute Gasteiger partial charge is 0.462 e. The Kier molecular flexibility index (Phi) is 34.5. The van der Waals surface area contributed by atoms with Gasteiger partial charge in [-0.2, -0.15) is 0 Å². The Morgan fingerprint density at radius 1 is 0.426 bits per heavy atom. The second kappa shape index (κ2) is 35.7. The molecule has 0 heterocycles. The number of carbonyl (C=O) groups is 3. The fourth-order valence-electron chi connectivity index (χ4n) is 5.89. The summed E-state index contributed by atoms with van der Waals surface area (Å²) in [4.78, 5) is 37.4. The number of carbonyl (C=O) groups excluding carboxylic acids is 3. The molecule has 0 amide bonds. The van der Waals surface area contributed by atoms with E-state index in [0.29, 0.717) is 19.3 Å². The van der Waals surface area contributed by atoms with Crippen molar-refractivity contribution in [2.75, 3.05) is 13.2 Å². The first-order chi connectivity index (χ1) is 22.9. The van der Waals surface area contributed by atoms with E-state index in [1.54, 1.807) is 0 Å². The molecular weight excluding hydrogens is 588 g/mol. The van der Waals surface area contributed by atoms with E-state index >= 15 is 0 Å². The molecule has 6 heteroatoms. The van der Waals surface area contributed by atoms with Gasteiger partial charge in [0.1, 0.15) is 13.2 Å². The molecule has 6 nitrogen and oxygen atoms in total. The minimum Gasteiger partial charge on any atom is -0.462 e. The Morgan fingerprint density at radius 3 is 1.11 bits per heavy atom. The van der Waals surface area contributed by atoms with Crippen LogP contribution < -0.4 is 0 Å². The van der Waals surface area contributed by atoms with Crippen molar-refractivity contribution in [3.05, 3.63) is 0 Å². The maximum atomic E-state index is 12.6. The molecule has 0 N–H and O–H groups in total. The molecule has 0 aromatic heterocycles. The summed E-state index contributed by atoms with van der Waals surface area (Å²) in [7, 11) is 0. The van der Waals surface area contributed by atoms with Crippen molar-refractivity contribution in [1.82, 2.24) is 0 Å². The highest BCUT2D eigenvalue weighted by molar-refractivity contribution is 5.71. The summed E-state index contributed by atoms with van der Waals surface area (Å²) in [6.45, 7) is 8.91. The van der Waals surface area contributed by atoms with Gasteiger partial charge in [-0.25, -0.2) is 0 Å². The Balaban J connectivity index is 4.36. The van der Waals surface area contributed by atoms with Crippen LogP contribution in [-0.4, -0.2) is 37.2 Å². The number of esters is 3. The molecule has 2 atom stereocenters. The van der Waals surface area contributed by atoms with E-state index in [1.807, 2.05) is 0 Å². The summed E-state index contributed by atoms with van der Waals surface area (Å²) in [5.74, 6) is -0.0533. The van der Waals surface area contributed by atoms with Gasteiger partial charge < -0.3 is 14.2 Å². The van der Waals surface area contributed by atoms with E-state index in [-0.39, 0.29) is 31.1 Å². The van der Waals surface area contributed by atoms with Crippen LogP contribution in [0.1, 0.15) is 220 Å². The van der Waals surface area contributed by atoms with Crippen LogP contribution in [0.5, 0.6) is 0 Å². The summed E-state index contributed by atoms with van der Waals surface area (Å²) < 4.78 is 16.6. The number of hydrogen-bond acceptors (Lipinski definition) is 6. The van der Waals surface area contributed by atoms with E-state index in [1.165, 1.54) is 116 Å². The molecule has 0 aliphatic carbocycles. The van der Waals surface area contributed by atoms with Gasteiger partial charge in [0.25, 0.3) is 0 Å². The normalized spacial score (nSPS) is 12.5. The van der Waals surface area contributed by atoms with Gasteiger partial charge in [0, 0.05) is 19.3 Å². The van der Waals surface area contributed by atoms with E-state index < -0.39 is 6.10 Å². The van der Waals surface area contributed by atoms with Crippen LogP contribution in [0.3, 0.4) is 0 Å². The number of unbranched alkanes of at least 4 members (excludes halogenated alkanes) is 22. The third-order valence-corrected chi connectivity index (χ3v) is 9.40. The topological polar surface area (TPSA) is 78.9 Å². The molecular formula is C41H78O6. The zero-order valence-electron chi connectivity index (χ0n) is 31.7. The average Bonchev–Trinajstić information content (AvgIpc) is 3.07. The average molecular weight is 667 g/mol. The fourth-order valence-corrected chi connectivity index (χ4v) is 5.89. The predicted octanol–water partition coefficient (Wildman–Crippen LogP) is 12.4. The first kappa shape index (κ1) is 45.4. The van der Waals surface area contributed by atoms with Crippen molar-refractivity contribution in [2.24, 2.45) is 5.92 Å². The first-order valence-electron chi connectivity index (χ1n) is 20.4. The molecule has 0 aliphatic heterocycles. The summed E-state index contributed by atoms with van der Waals surface area (Å²) in [6.07, 6.45) is 32.3. The quantitative estimate of drug-likeness (QED) is 0.0376. The van der Waals surface area contributed by atoms with Crippen molar-refractivity contribution in [3.8, 4) is 0 Å². The SMILES string of the molecule is CCCCCCCCCCCCC(=O)O[C@H](COC(=O)CCCCCCCCCCC)COC(=O)CCCCCCCCC(C)CC. The third kappa shape index (κ3) is 34.1. The van der Waals surface area contributed by atoms with Crippen molar-refractivity contribution in [2.45, 2.75) is 226 Å². The maximum Gasteiger partial charge on any atom is 0.306 e. The molecule has 1 unspecified atom stereocenters. The van der Waals surface area contributed by atoms with E-state index in [4.69, 9.17) is 14.2 Å². The molecule has 0 saturated heterocycles. The standard InChI is InChI=1S/C41H78O6/c1-5-8-10-12-14-16-18-20-26-30-34-41(44)47-38(35-45-39(42)32-28-24-19-17-15-13-11-9-6-2)36-46-40(43)33-29-25-22-21-23-27-31-37(4)7-3/h37-38H,5-36H2,1-4H3/t37?,38-/m1/s1. The summed E-state index contributed by atoms with van der Waals surface area (Å²) in [5, 5.41) is 0. The highest BCUT2D eigenvalue weighted by atomic mass is 16.6. The molecule has 278 valence electrons. The number of rotatable bonds is 36. The number of hydrogen-bond donors (Lipinski definition) is 0. The van der Waals surface area contributed by atoms with Crippen molar-refractivity contribution < 1.29 is 28.6 Å². The highest BCUT2D eigenvalue weighted by Crippen LogP contribution is 2.16. The number of ether oxygens (including phenoxy) is 3. The van der Waals surface area contributed by atoms with Crippen molar-refractivity contribution in [1.29, 1.82) is 0 Å². The maximum absolute atomic E-state index is 12.6. The Hall–Kier alpha value is -1.59. The van der Waals surface area contributed by atoms with Gasteiger partial charge >= 0.3 is 17.9 Å². The van der Waals surface area contributed by atoms with Crippen LogP contribution in [0.4, 0.5) is 0 Å². The monoisotopic (exact) mass is 667 g/mol. The molecule has 0 fully saturated rings. The molecule has 0 aromatic rings. The zero-order chi connectivity index (χ0) is 34.6. The molecule has 47 heavy (non-hydrogen) atoms. The minimum atomic E-state index is -0.757. The van der Waals surface area contributed by atoms with Gasteiger partial charge in [0.05, 0.1) is 0 Å². The van der Waals surface area contributed by atoms with E-state index in [9.17, 15) is 14.4 Å². The lowest BCUT2D eigenvalue weighted by atomic mass is 10.00. The van der Waals surface area contributed by atoms with Gasteiger partial charge in [-0.3, -0.25) is 14.4 Å². The molecule has 0 spiro atoms. The minimum absolute atomic E-state index is 0.0655. The Bertz CT molecular complexity index is 708. The molecule has 0 aliphatic rings. The van der Waals surface area contributed by atoms with Crippen LogP contribution in [0.15, 0.2) is 0 Å². The third-order valence-electron chi connectivity index (χ3n) is 9.40. The van der Waals surface area contributed by atoms with Gasteiger partial charge in [-0.1, -0.05) is 182 Å². The molecule has 0 saturated carbocycles. The van der Waals surface area contributed by atoms with Gasteiger partial charge in [0.15, 0.2) is 6.10 Å². The summed E-state index contributed by atoms with van der Waals surface area (Å²) in [5.41, 5.74) is 0. The van der Waals surface area contributed by atoms with Crippen LogP contribution in [0.25, 0.3) is 0 Å².